The van der Waals surface area contributed by atoms with Crippen molar-refractivity contribution in [3.8, 4) is 0 Å². The summed E-state index contributed by atoms with van der Waals surface area (Å²) in [4.78, 5) is 67.7. The molecule has 3 saturated heterocycles. The number of rotatable bonds is 9. The fraction of sp³-hybridized carbons (Fsp3) is 0.333. The Labute approximate surface area is 253 Å². The first-order chi connectivity index (χ1) is 20.8. The van der Waals surface area contributed by atoms with E-state index in [1.807, 2.05) is 12.3 Å². The lowest BCUT2D eigenvalue weighted by Gasteiger charge is -2.44. The number of hydrogen-bond donors (Lipinski definition) is 4. The van der Waals surface area contributed by atoms with Crippen LogP contribution in [-0.4, -0.2) is 89.9 Å². The Morgan fingerprint density at radius 1 is 0.795 bits per heavy atom. The third-order valence-electron chi connectivity index (χ3n) is 8.28. The highest BCUT2D eigenvalue weighted by molar-refractivity contribution is 6.28. The van der Waals surface area contributed by atoms with Crippen molar-refractivity contribution in [1.82, 2.24) is 9.88 Å². The van der Waals surface area contributed by atoms with E-state index in [-0.39, 0.29) is 17.2 Å². The molecule has 0 radical (unpaired) electrons. The molecule has 3 atom stereocenters. The number of aromatic nitrogens is 1. The number of fused-ring (bicyclic) bond motifs is 3. The number of pyridine rings is 1. The van der Waals surface area contributed by atoms with Crippen LogP contribution >= 0.6 is 0 Å². The first-order valence-corrected chi connectivity index (χ1v) is 14.1. The van der Waals surface area contributed by atoms with Crippen LogP contribution in [0, 0.1) is 19.8 Å². The van der Waals surface area contributed by atoms with Crippen LogP contribution in [0.3, 0.4) is 0 Å². The van der Waals surface area contributed by atoms with Crippen molar-refractivity contribution in [3.05, 3.63) is 101 Å². The molecule has 4 N–H and O–H groups in total. The summed E-state index contributed by atoms with van der Waals surface area (Å²) in [7, 11) is 0. The fourth-order valence-electron chi connectivity index (χ4n) is 5.58. The van der Waals surface area contributed by atoms with Crippen LogP contribution in [0.5, 0.6) is 0 Å². The number of benzene rings is 2. The number of carboxylic acid groups (broad SMARTS) is 2. The number of carbonyl (C=O) groups excluding carboxylic acids is 3. The average molecular weight is 603 g/mol. The van der Waals surface area contributed by atoms with E-state index in [1.165, 1.54) is 29.8 Å². The number of hydrogen-bond acceptors (Lipinski definition) is 9. The van der Waals surface area contributed by atoms with Crippen LogP contribution in [0.4, 0.5) is 0 Å². The first kappa shape index (κ1) is 32.3. The maximum absolute atomic E-state index is 12.8. The van der Waals surface area contributed by atoms with Crippen molar-refractivity contribution in [2.75, 3.05) is 13.1 Å². The normalized spacial score (nSPS) is 21.6. The van der Waals surface area contributed by atoms with Crippen LogP contribution < -0.4 is 0 Å². The molecule has 3 fully saturated rings. The Balaban J connectivity index is 0.000000231. The number of carbonyl (C=O) groups is 5. The lowest BCUT2D eigenvalue weighted by atomic mass is 9.73. The van der Waals surface area contributed by atoms with Gasteiger partial charge in [0.15, 0.2) is 5.78 Å². The van der Waals surface area contributed by atoms with E-state index >= 15 is 0 Å². The van der Waals surface area contributed by atoms with Crippen molar-refractivity contribution in [2.45, 2.75) is 50.4 Å². The molecule has 0 aliphatic carbocycles. The van der Waals surface area contributed by atoms with Gasteiger partial charge < -0.3 is 20.4 Å². The Bertz CT molecular complexity index is 1470. The maximum Gasteiger partial charge on any atom is 0.348 e. The highest BCUT2D eigenvalue weighted by atomic mass is 16.5. The van der Waals surface area contributed by atoms with Gasteiger partial charge in [0.05, 0.1) is 6.04 Å². The van der Waals surface area contributed by atoms with Gasteiger partial charge in [-0.3, -0.25) is 24.3 Å². The molecule has 3 aliphatic rings. The number of nitrogens with zero attached hydrogens (tertiary/aromatic N) is 2. The summed E-state index contributed by atoms with van der Waals surface area (Å²) in [6.07, 6.45) is 6.63. The summed E-state index contributed by atoms with van der Waals surface area (Å²) in [5.41, 5.74) is -6.10. The topological polar surface area (TPSA) is 182 Å². The van der Waals surface area contributed by atoms with E-state index in [2.05, 4.69) is 16.0 Å². The summed E-state index contributed by atoms with van der Waals surface area (Å²) >= 11 is 0. The number of aliphatic carboxylic acids is 2. The third-order valence-corrected chi connectivity index (χ3v) is 8.28. The molecule has 6 rings (SSSR count). The number of piperidine rings is 3. The summed E-state index contributed by atoms with van der Waals surface area (Å²) in [5, 5.41) is 40.3. The molecule has 3 aromatic rings. The highest BCUT2D eigenvalue weighted by Gasteiger charge is 2.69. The lowest BCUT2D eigenvalue weighted by Crippen LogP contribution is -2.71. The summed E-state index contributed by atoms with van der Waals surface area (Å²) < 4.78 is 0. The molecule has 44 heavy (non-hydrogen) atoms. The lowest BCUT2D eigenvalue weighted by molar-refractivity contribution is -0.187. The van der Waals surface area contributed by atoms with Gasteiger partial charge in [-0.25, -0.2) is 9.59 Å². The van der Waals surface area contributed by atoms with Gasteiger partial charge in [-0.15, -0.1) is 0 Å². The molecule has 4 heterocycles. The zero-order chi connectivity index (χ0) is 32.2. The zero-order valence-corrected chi connectivity index (χ0v) is 24.3. The molecular formula is C33H34N2O9. The molecule has 2 aromatic carbocycles. The minimum absolute atomic E-state index is 0.122. The SMILES string of the molecule is Cc1ccc(C(=O)[C@@](O)(C(=O)O)[C@](O)(C(=O)O)C(=O)c2ccc(C)cc2)cc1.O=C1C2CCN(CC2)[C@H]1Cc1cccnc1. The van der Waals surface area contributed by atoms with Crippen LogP contribution in [0.25, 0.3) is 0 Å². The standard InChI is InChI=1S/C20H18O8.C13H16N2O/c1-11-3-7-13(8-4-11)15(21)19(27,17(23)24)20(28,18(25)26)16(22)14-9-5-12(2)6-10-14;16-13-11-3-6-15(7-4-11)12(13)8-10-2-1-5-14-9-10/h3-10,27-28H,1-2H3,(H,23,24)(H,25,26);1-2,5,9,11-12H,3-4,6-8H2/t19-,20-;12-/m10/s1. The Morgan fingerprint density at radius 3 is 1.61 bits per heavy atom. The van der Waals surface area contributed by atoms with Gasteiger partial charge in [-0.05, 0) is 57.8 Å². The number of ketones is 3. The van der Waals surface area contributed by atoms with Crippen molar-refractivity contribution in [2.24, 2.45) is 5.92 Å². The smallest absolute Gasteiger partial charge is 0.348 e. The number of aliphatic hydroxyl groups is 2. The molecule has 0 spiro atoms. The molecule has 11 heteroatoms. The van der Waals surface area contributed by atoms with E-state index < -0.39 is 34.7 Å². The van der Waals surface area contributed by atoms with E-state index in [4.69, 9.17) is 0 Å². The predicted molar refractivity (Wildman–Crippen MR) is 157 cm³/mol. The van der Waals surface area contributed by atoms with Crippen molar-refractivity contribution in [1.29, 1.82) is 0 Å². The third kappa shape index (κ3) is 6.07. The molecule has 0 amide bonds. The minimum Gasteiger partial charge on any atom is -0.479 e. The van der Waals surface area contributed by atoms with Crippen molar-refractivity contribution in [3.63, 3.8) is 0 Å². The van der Waals surface area contributed by atoms with E-state index in [0.29, 0.717) is 22.8 Å². The summed E-state index contributed by atoms with van der Waals surface area (Å²) in [6, 6.07) is 14.5. The van der Waals surface area contributed by atoms with Gasteiger partial charge in [0, 0.05) is 29.4 Å². The van der Waals surface area contributed by atoms with Gasteiger partial charge in [0.1, 0.15) is 0 Å². The highest BCUT2D eigenvalue weighted by Crippen LogP contribution is 2.32. The molecule has 11 nitrogen and oxygen atoms in total. The second-order valence-electron chi connectivity index (χ2n) is 11.2. The van der Waals surface area contributed by atoms with Crippen LogP contribution in [-0.2, 0) is 20.8 Å². The zero-order valence-electron chi connectivity index (χ0n) is 24.3. The van der Waals surface area contributed by atoms with Crippen molar-refractivity contribution < 1.29 is 44.4 Å². The van der Waals surface area contributed by atoms with Gasteiger partial charge in [0.25, 0.3) is 11.2 Å². The van der Waals surface area contributed by atoms with Gasteiger partial charge >= 0.3 is 11.9 Å². The van der Waals surface area contributed by atoms with E-state index in [0.717, 1.165) is 56.6 Å². The Morgan fingerprint density at radius 2 is 1.25 bits per heavy atom. The van der Waals surface area contributed by atoms with Crippen LogP contribution in [0.1, 0.15) is 50.2 Å². The van der Waals surface area contributed by atoms with Gasteiger partial charge in [-0.2, -0.15) is 0 Å². The largest absolute Gasteiger partial charge is 0.479 e. The Kier molecular flexibility index (Phi) is 9.53. The molecule has 3 aliphatic heterocycles. The number of Topliss-reactive ketones (excluding diaryl/α,β-unsaturated/α-hetero) is 3. The summed E-state index contributed by atoms with van der Waals surface area (Å²) in [5.74, 6) is -7.21. The monoisotopic (exact) mass is 602 g/mol. The molecule has 230 valence electrons. The molecule has 2 bridgehead atoms. The quantitative estimate of drug-likeness (QED) is 0.208. The first-order valence-electron chi connectivity index (χ1n) is 14.1. The van der Waals surface area contributed by atoms with Crippen LogP contribution in [0.2, 0.25) is 0 Å². The number of carboxylic acids is 2. The molecular weight excluding hydrogens is 568 g/mol. The van der Waals surface area contributed by atoms with Crippen LogP contribution in [0.15, 0.2) is 73.1 Å². The predicted octanol–water partition coefficient (Wildman–Crippen LogP) is 2.29. The molecule has 0 unspecified atom stereocenters. The minimum atomic E-state index is -3.96. The maximum atomic E-state index is 12.8. The van der Waals surface area contributed by atoms with E-state index in [1.54, 1.807) is 20.0 Å². The van der Waals surface area contributed by atoms with E-state index in [9.17, 15) is 44.4 Å². The second-order valence-corrected chi connectivity index (χ2v) is 11.2. The Hall–Kier alpha value is -4.58. The number of aryl methyl sites for hydroxylation is 2. The van der Waals surface area contributed by atoms with Gasteiger partial charge in [0.2, 0.25) is 11.6 Å². The molecule has 0 saturated carbocycles. The second kappa shape index (κ2) is 13.0. The van der Waals surface area contributed by atoms with Crippen molar-refractivity contribution >= 4 is 29.3 Å². The van der Waals surface area contributed by atoms with Gasteiger partial charge in [-0.1, -0.05) is 65.7 Å². The molecule has 1 aromatic heterocycles. The summed E-state index contributed by atoms with van der Waals surface area (Å²) in [6.45, 7) is 5.57. The average Bonchev–Trinajstić information content (AvgIpc) is 3.03. The fourth-order valence-corrected chi connectivity index (χ4v) is 5.58.